The molecule has 0 spiro atoms. The molecule has 0 bridgehead atoms. The summed E-state index contributed by atoms with van der Waals surface area (Å²) in [6, 6.07) is 0. The Morgan fingerprint density at radius 1 is 1.57 bits per heavy atom. The van der Waals surface area contributed by atoms with E-state index in [4.69, 9.17) is 0 Å². The van der Waals surface area contributed by atoms with Crippen LogP contribution in [0.15, 0.2) is 0 Å². The predicted octanol–water partition coefficient (Wildman–Crippen LogP) is 1.12. The van der Waals surface area contributed by atoms with Crippen LogP contribution in [-0.2, 0) is 0 Å². The van der Waals surface area contributed by atoms with Gasteiger partial charge in [-0.2, -0.15) is 6.92 Å². The average Bonchev–Trinajstić information content (AvgIpc) is 1.65. The summed E-state index contributed by atoms with van der Waals surface area (Å²) in [5, 5.41) is 0. The largest absolute Gasteiger partial charge is 0.459 e. The van der Waals surface area contributed by atoms with Crippen LogP contribution in [-0.4, -0.2) is 18.5 Å². The Kier molecular flexibility index (Phi) is 10.9. The zero-order valence-electron chi connectivity index (χ0n) is 5.23. The smallest absolute Gasteiger partial charge is 0 e. The summed E-state index contributed by atoms with van der Waals surface area (Å²) in [4.78, 5) is 2.12. The van der Waals surface area contributed by atoms with E-state index in [-0.39, 0.29) is 31.1 Å². The van der Waals surface area contributed by atoms with Gasteiger partial charge in [0, 0.05) is 31.1 Å². The topological polar surface area (TPSA) is 3.24 Å². The van der Waals surface area contributed by atoms with Crippen LogP contribution >= 0.6 is 0 Å². The molecule has 0 radical (unpaired) electrons. The second-order valence-electron chi connectivity index (χ2n) is 1.33. The molecule has 0 aliphatic rings. The Morgan fingerprint density at radius 3 is 2.00 bits per heavy atom. The molecule has 0 fully saturated rings. The van der Waals surface area contributed by atoms with Gasteiger partial charge in [-0.15, -0.1) is 0 Å². The molecule has 0 N–H and O–H groups in total. The van der Waals surface area contributed by atoms with Gasteiger partial charge in [0.2, 0.25) is 0 Å². The van der Waals surface area contributed by atoms with Crippen molar-refractivity contribution in [2.24, 2.45) is 0 Å². The zero-order chi connectivity index (χ0) is 4.99. The molecule has 0 saturated heterocycles. The molecule has 0 saturated carbocycles. The fourth-order valence-corrected chi connectivity index (χ4v) is 0.183. The summed E-state index contributed by atoms with van der Waals surface area (Å²) >= 11 is 0. The molecule has 0 aliphatic carbocycles. The minimum absolute atomic E-state index is 0. The van der Waals surface area contributed by atoms with Gasteiger partial charge >= 0.3 is 0 Å². The van der Waals surface area contributed by atoms with Crippen molar-refractivity contribution < 1.29 is 31.1 Å². The van der Waals surface area contributed by atoms with Crippen LogP contribution in [0.5, 0.6) is 0 Å². The Hall–Kier alpha value is 1.01. The molecular formula is C5H12NU-. The van der Waals surface area contributed by atoms with E-state index >= 15 is 0 Å². The molecule has 42 valence electrons. The molecular weight excluding hydrogens is 312 g/mol. The third-order valence-electron chi connectivity index (χ3n) is 0.940. The van der Waals surface area contributed by atoms with Crippen molar-refractivity contribution in [2.75, 3.05) is 13.6 Å². The van der Waals surface area contributed by atoms with Crippen LogP contribution in [0.1, 0.15) is 13.8 Å². The van der Waals surface area contributed by atoms with Gasteiger partial charge in [0.15, 0.2) is 0 Å². The third kappa shape index (κ3) is 7.01. The molecule has 0 rings (SSSR count). The summed E-state index contributed by atoms with van der Waals surface area (Å²) in [7, 11) is 2.06. The van der Waals surface area contributed by atoms with Crippen LogP contribution in [0.4, 0.5) is 0 Å². The molecule has 0 aliphatic heterocycles. The van der Waals surface area contributed by atoms with Gasteiger partial charge in [0.25, 0.3) is 0 Å². The Morgan fingerprint density at radius 2 is 2.00 bits per heavy atom. The van der Waals surface area contributed by atoms with Crippen LogP contribution in [0.3, 0.4) is 0 Å². The quantitative estimate of drug-likeness (QED) is 0.688. The van der Waals surface area contributed by atoms with Crippen molar-refractivity contribution in [1.29, 1.82) is 0 Å². The van der Waals surface area contributed by atoms with Crippen molar-refractivity contribution in [3.8, 4) is 0 Å². The van der Waals surface area contributed by atoms with E-state index < -0.39 is 0 Å². The Bertz CT molecular complexity index is 27.3. The van der Waals surface area contributed by atoms with Crippen molar-refractivity contribution in [3.05, 3.63) is 6.54 Å². The van der Waals surface area contributed by atoms with Crippen molar-refractivity contribution in [1.82, 2.24) is 4.90 Å². The Labute approximate surface area is 69.8 Å². The van der Waals surface area contributed by atoms with Gasteiger partial charge in [-0.3, -0.25) is 6.54 Å². The molecule has 0 unspecified atom stereocenters. The second-order valence-corrected chi connectivity index (χ2v) is 1.33. The summed E-state index contributed by atoms with van der Waals surface area (Å²) in [5.41, 5.74) is 0. The first-order valence-electron chi connectivity index (χ1n) is 2.31. The Balaban J connectivity index is 0. The fraction of sp³-hybridized carbons (Fsp3) is 0.800. The van der Waals surface area contributed by atoms with Crippen LogP contribution < -0.4 is 0 Å². The maximum atomic E-state index is 2.12. The maximum absolute atomic E-state index is 2.12. The van der Waals surface area contributed by atoms with Crippen molar-refractivity contribution in [2.45, 2.75) is 13.8 Å². The normalized spacial score (nSPS) is 8.57. The molecule has 2 heteroatoms. The van der Waals surface area contributed by atoms with E-state index in [1.54, 1.807) is 0 Å². The van der Waals surface area contributed by atoms with E-state index in [1.807, 2.05) is 6.92 Å². The minimum atomic E-state index is 0. The van der Waals surface area contributed by atoms with Crippen LogP contribution in [0, 0.1) is 37.7 Å². The molecule has 0 aromatic heterocycles. The van der Waals surface area contributed by atoms with Gasteiger partial charge in [0.1, 0.15) is 0 Å². The molecule has 7 heavy (non-hydrogen) atoms. The van der Waals surface area contributed by atoms with E-state index in [2.05, 4.69) is 25.4 Å². The molecule has 0 atom stereocenters. The number of hydrogen-bond donors (Lipinski definition) is 0. The second kappa shape index (κ2) is 7.01. The number of nitrogens with zero attached hydrogens (tertiary/aromatic N) is 1. The first-order valence-corrected chi connectivity index (χ1v) is 2.31. The average molecular weight is 324 g/mol. The summed E-state index contributed by atoms with van der Waals surface area (Å²) < 4.78 is 0. The van der Waals surface area contributed by atoms with Gasteiger partial charge in [-0.25, -0.2) is 0 Å². The summed E-state index contributed by atoms with van der Waals surface area (Å²) in [6.07, 6.45) is 0. The van der Waals surface area contributed by atoms with Gasteiger partial charge in [0.05, 0.1) is 0 Å². The van der Waals surface area contributed by atoms with E-state index in [0.29, 0.717) is 0 Å². The summed E-state index contributed by atoms with van der Waals surface area (Å²) in [6.45, 7) is 7.32. The number of hydrogen-bond acceptors (Lipinski definition) is 1. The first kappa shape index (κ1) is 10.9. The molecule has 1 nitrogen and oxygen atoms in total. The third-order valence-corrected chi connectivity index (χ3v) is 0.940. The van der Waals surface area contributed by atoms with Gasteiger partial charge < -0.3 is 4.90 Å². The predicted molar refractivity (Wildman–Crippen MR) is 28.3 cm³/mol. The summed E-state index contributed by atoms with van der Waals surface area (Å²) in [5.74, 6) is 0. The van der Waals surface area contributed by atoms with E-state index in [0.717, 1.165) is 6.54 Å². The number of rotatable bonds is 2. The van der Waals surface area contributed by atoms with Crippen molar-refractivity contribution >= 4 is 0 Å². The molecule has 0 aromatic carbocycles. The first-order chi connectivity index (χ1) is 2.81. The SMILES string of the molecule is C[CH-]N(C)CC.[U]. The van der Waals surface area contributed by atoms with E-state index in [9.17, 15) is 0 Å². The standard InChI is InChI=1S/C5H12N.U/c1-4-6(3)5-2;/h4H,5H2,1-3H3;/q-1;. The van der Waals surface area contributed by atoms with E-state index in [1.165, 1.54) is 0 Å². The van der Waals surface area contributed by atoms with Gasteiger partial charge in [-0.1, -0.05) is 6.92 Å². The minimum Gasteiger partial charge on any atom is -0.459 e. The monoisotopic (exact) mass is 324 g/mol. The molecule has 0 heterocycles. The van der Waals surface area contributed by atoms with Crippen molar-refractivity contribution in [3.63, 3.8) is 0 Å². The maximum Gasteiger partial charge on any atom is 0 e. The van der Waals surface area contributed by atoms with Crippen LogP contribution in [0.25, 0.3) is 0 Å². The zero-order valence-corrected chi connectivity index (χ0v) is 9.40. The molecule has 0 amide bonds. The fourth-order valence-electron chi connectivity index (χ4n) is 0.183. The van der Waals surface area contributed by atoms with Crippen LogP contribution in [0.2, 0.25) is 0 Å². The molecule has 0 aromatic rings. The van der Waals surface area contributed by atoms with Gasteiger partial charge in [-0.05, 0) is 13.6 Å².